The Morgan fingerprint density at radius 1 is 1.24 bits per heavy atom. The molecule has 1 aliphatic carbocycles. The zero-order valence-corrected chi connectivity index (χ0v) is 20.0. The molecule has 0 aromatic carbocycles. The molecule has 3 heterocycles. The molecule has 0 spiro atoms. The minimum absolute atomic E-state index is 0.0200. The summed E-state index contributed by atoms with van der Waals surface area (Å²) in [4.78, 5) is 18.9. The molecule has 1 aliphatic heterocycles. The van der Waals surface area contributed by atoms with E-state index < -0.39 is 0 Å². The van der Waals surface area contributed by atoms with Gasteiger partial charge in [0, 0.05) is 24.4 Å². The molecule has 2 aliphatic rings. The third-order valence-electron chi connectivity index (χ3n) is 6.00. The second-order valence-corrected chi connectivity index (χ2v) is 9.33. The minimum Gasteiger partial charge on any atom is -0.449 e. The molecule has 2 aromatic rings. The lowest BCUT2D eigenvalue weighted by atomic mass is 9.98. The van der Waals surface area contributed by atoms with Gasteiger partial charge in [-0.25, -0.2) is 14.5 Å². The third kappa shape index (κ3) is 6.70. The molecule has 1 saturated heterocycles. The van der Waals surface area contributed by atoms with Gasteiger partial charge in [0.05, 0.1) is 35.7 Å². The van der Waals surface area contributed by atoms with E-state index in [1.54, 1.807) is 22.3 Å². The Hall–Kier alpha value is -2.59. The molecule has 0 bridgehead atoms. The third-order valence-corrected chi connectivity index (χ3v) is 7.05. The quantitative estimate of drug-likeness (QED) is 0.473. The van der Waals surface area contributed by atoms with Crippen LogP contribution in [-0.2, 0) is 16.1 Å². The van der Waals surface area contributed by atoms with Crippen LogP contribution in [0.2, 0.25) is 0 Å². The number of tetrazole rings is 1. The van der Waals surface area contributed by atoms with E-state index in [2.05, 4.69) is 33.9 Å². The van der Waals surface area contributed by atoms with Crippen molar-refractivity contribution in [2.24, 2.45) is 0 Å². The number of carbonyl (C=O) groups excluding carboxylic acids is 1. The van der Waals surface area contributed by atoms with E-state index in [4.69, 9.17) is 14.5 Å². The van der Waals surface area contributed by atoms with Crippen molar-refractivity contribution in [2.45, 2.75) is 70.5 Å². The fourth-order valence-electron chi connectivity index (χ4n) is 4.02. The van der Waals surface area contributed by atoms with Gasteiger partial charge in [0.15, 0.2) is 0 Å². The van der Waals surface area contributed by atoms with Crippen molar-refractivity contribution in [2.75, 3.05) is 19.7 Å². The number of unbranched alkanes of at least 4 members (excludes halogenated alkanes) is 3. The number of amides is 1. The van der Waals surface area contributed by atoms with Crippen LogP contribution in [0, 0.1) is 0 Å². The highest BCUT2D eigenvalue weighted by Gasteiger charge is 2.26. The molecule has 1 fully saturated rings. The fraction of sp³-hybridized carbons (Fsp3) is 0.609. The molecular formula is C23H32N6O3S. The van der Waals surface area contributed by atoms with Crippen LogP contribution in [0.3, 0.4) is 0 Å². The normalized spacial score (nSPS) is 19.0. The molecule has 0 saturated carbocycles. The van der Waals surface area contributed by atoms with Crippen LogP contribution in [0.15, 0.2) is 29.9 Å². The number of carbonyl (C=O) groups is 1. The van der Waals surface area contributed by atoms with Gasteiger partial charge in [0.25, 0.3) is 0 Å². The molecule has 0 radical (unpaired) electrons. The van der Waals surface area contributed by atoms with Crippen LogP contribution in [0.25, 0.3) is 5.70 Å². The van der Waals surface area contributed by atoms with E-state index in [0.29, 0.717) is 19.1 Å². The molecule has 0 N–H and O–H groups in total. The predicted octanol–water partition coefficient (Wildman–Crippen LogP) is 4.41. The van der Waals surface area contributed by atoms with Crippen LogP contribution >= 0.6 is 11.3 Å². The van der Waals surface area contributed by atoms with Crippen LogP contribution in [0.4, 0.5) is 4.79 Å². The number of rotatable bonds is 10. The number of aromatic nitrogens is 5. The Morgan fingerprint density at radius 2 is 2.12 bits per heavy atom. The molecule has 178 valence electrons. The summed E-state index contributed by atoms with van der Waals surface area (Å²) in [6.07, 6.45) is 14.6. The van der Waals surface area contributed by atoms with E-state index >= 15 is 0 Å². The highest BCUT2D eigenvalue weighted by Crippen LogP contribution is 2.31. The summed E-state index contributed by atoms with van der Waals surface area (Å²) in [7, 11) is 0. The van der Waals surface area contributed by atoms with Gasteiger partial charge in [0.2, 0.25) is 0 Å². The van der Waals surface area contributed by atoms with Crippen LogP contribution in [-0.4, -0.2) is 62.0 Å². The van der Waals surface area contributed by atoms with Crippen molar-refractivity contribution in [3.63, 3.8) is 0 Å². The Morgan fingerprint density at radius 3 is 2.85 bits per heavy atom. The maximum atomic E-state index is 12.3. The summed E-state index contributed by atoms with van der Waals surface area (Å²) in [5.41, 5.74) is 1.91. The topological polar surface area (TPSA) is 95.3 Å². The number of allylic oxidation sites excluding steroid dienone is 2. The summed E-state index contributed by atoms with van der Waals surface area (Å²) in [6, 6.07) is 0. The standard InChI is InChI=1S/C23H32N6O3S/c1-2-3-4-5-14-31-23(30)28-12-10-18(11-13-28)22-25-19(16-33-22)15-32-21-8-6-20(7-9-21)29-17-24-26-27-29/h6-8,16-18,21H,2-5,9-15H2,1H3. The number of hydrogen-bond donors (Lipinski definition) is 0. The second-order valence-electron chi connectivity index (χ2n) is 8.44. The average Bonchev–Trinajstić information content (AvgIpc) is 3.56. The van der Waals surface area contributed by atoms with Gasteiger partial charge >= 0.3 is 6.09 Å². The average molecular weight is 473 g/mol. The summed E-state index contributed by atoms with van der Waals surface area (Å²) in [5, 5.41) is 14.4. The first-order valence-corrected chi connectivity index (χ1v) is 12.7. The van der Waals surface area contributed by atoms with Crippen LogP contribution in [0.5, 0.6) is 0 Å². The fourth-order valence-corrected chi connectivity index (χ4v) is 5.00. The SMILES string of the molecule is CCCCCCOC(=O)N1CCC(c2nc(COC3C=CC(n4cnnn4)=CC3)cs2)CC1. The van der Waals surface area contributed by atoms with Crippen LogP contribution in [0.1, 0.15) is 68.5 Å². The number of thiazole rings is 1. The van der Waals surface area contributed by atoms with Crippen molar-refractivity contribution in [3.05, 3.63) is 40.6 Å². The van der Waals surface area contributed by atoms with E-state index in [1.807, 2.05) is 17.1 Å². The smallest absolute Gasteiger partial charge is 0.409 e. The lowest BCUT2D eigenvalue weighted by molar-refractivity contribution is 0.0713. The maximum absolute atomic E-state index is 12.3. The molecule has 10 heteroatoms. The van der Waals surface area contributed by atoms with Crippen molar-refractivity contribution in [1.82, 2.24) is 30.1 Å². The number of ether oxygens (including phenoxy) is 2. The van der Waals surface area contributed by atoms with Gasteiger partial charge in [-0.15, -0.1) is 16.4 Å². The first-order chi connectivity index (χ1) is 16.2. The molecule has 1 unspecified atom stereocenters. The van der Waals surface area contributed by atoms with Gasteiger partial charge in [-0.3, -0.25) is 0 Å². The van der Waals surface area contributed by atoms with Gasteiger partial charge < -0.3 is 14.4 Å². The monoisotopic (exact) mass is 472 g/mol. The maximum Gasteiger partial charge on any atom is 0.409 e. The Labute approximate surface area is 198 Å². The van der Waals surface area contributed by atoms with Crippen LogP contribution < -0.4 is 0 Å². The highest BCUT2D eigenvalue weighted by atomic mass is 32.1. The molecular weight excluding hydrogens is 440 g/mol. The second kappa shape index (κ2) is 12.0. The Balaban J connectivity index is 1.16. The Bertz CT molecular complexity index is 934. The molecule has 1 atom stereocenters. The van der Waals surface area contributed by atoms with Gasteiger partial charge in [-0.1, -0.05) is 38.3 Å². The van der Waals surface area contributed by atoms with Gasteiger partial charge in [-0.2, -0.15) is 0 Å². The van der Waals surface area contributed by atoms with E-state index in [9.17, 15) is 4.79 Å². The largest absolute Gasteiger partial charge is 0.449 e. The summed E-state index contributed by atoms with van der Waals surface area (Å²) < 4.78 is 13.1. The number of likely N-dealkylation sites (tertiary alicyclic amines) is 1. The molecule has 9 nitrogen and oxygen atoms in total. The summed E-state index contributed by atoms with van der Waals surface area (Å²) >= 11 is 1.69. The van der Waals surface area contributed by atoms with Gasteiger partial charge in [-0.05, 0) is 42.2 Å². The van der Waals surface area contributed by atoms with E-state index in [1.165, 1.54) is 12.8 Å². The minimum atomic E-state index is -0.170. The summed E-state index contributed by atoms with van der Waals surface area (Å²) in [6.45, 7) is 4.65. The van der Waals surface area contributed by atoms with Crippen molar-refractivity contribution in [1.29, 1.82) is 0 Å². The molecule has 4 rings (SSSR count). The first kappa shape index (κ1) is 23.6. The summed E-state index contributed by atoms with van der Waals surface area (Å²) in [5.74, 6) is 0.397. The number of nitrogens with zero attached hydrogens (tertiary/aromatic N) is 6. The lowest BCUT2D eigenvalue weighted by Crippen LogP contribution is -2.38. The number of hydrogen-bond acceptors (Lipinski definition) is 8. The van der Waals surface area contributed by atoms with Crippen molar-refractivity contribution in [3.8, 4) is 0 Å². The number of piperidine rings is 1. The molecule has 1 amide bonds. The lowest BCUT2D eigenvalue weighted by Gasteiger charge is -2.30. The predicted molar refractivity (Wildman–Crippen MR) is 126 cm³/mol. The Kier molecular flexibility index (Phi) is 8.59. The zero-order valence-electron chi connectivity index (χ0n) is 19.1. The van der Waals surface area contributed by atoms with E-state index in [-0.39, 0.29) is 12.2 Å². The molecule has 33 heavy (non-hydrogen) atoms. The van der Waals surface area contributed by atoms with Crippen molar-refractivity contribution < 1.29 is 14.3 Å². The first-order valence-electron chi connectivity index (χ1n) is 11.8. The van der Waals surface area contributed by atoms with Crippen molar-refractivity contribution >= 4 is 23.1 Å². The molecule has 2 aromatic heterocycles. The highest BCUT2D eigenvalue weighted by molar-refractivity contribution is 7.09. The van der Waals surface area contributed by atoms with E-state index in [0.717, 1.165) is 61.6 Å². The zero-order chi connectivity index (χ0) is 22.9. The van der Waals surface area contributed by atoms with Gasteiger partial charge in [0.1, 0.15) is 6.33 Å².